The van der Waals surface area contributed by atoms with Crippen LogP contribution in [0.3, 0.4) is 0 Å². The van der Waals surface area contributed by atoms with Gasteiger partial charge in [0, 0.05) is 51.7 Å². The Morgan fingerprint density at radius 3 is 2.65 bits per heavy atom. The summed E-state index contributed by atoms with van der Waals surface area (Å²) < 4.78 is 27.0. The third-order valence-corrected chi connectivity index (χ3v) is 8.01. The zero-order valence-corrected chi connectivity index (χ0v) is 17.7. The topological polar surface area (TPSA) is 98.3 Å². The van der Waals surface area contributed by atoms with Crippen molar-refractivity contribution >= 4 is 32.7 Å². The Bertz CT molecular complexity index is 1140. The molecule has 0 aromatic carbocycles. The van der Waals surface area contributed by atoms with Crippen LogP contribution in [0.25, 0.3) is 11.0 Å². The number of anilines is 2. The number of nitrogens with one attached hydrogen (secondary N) is 1. The highest BCUT2D eigenvalue weighted by atomic mass is 32.2. The van der Waals surface area contributed by atoms with Crippen LogP contribution >= 0.6 is 0 Å². The van der Waals surface area contributed by atoms with Crippen molar-refractivity contribution in [1.82, 2.24) is 24.2 Å². The van der Waals surface area contributed by atoms with Crippen LogP contribution in [0.5, 0.6) is 0 Å². The van der Waals surface area contributed by atoms with E-state index in [9.17, 15) is 8.42 Å². The molecule has 3 aromatic rings. The number of hydrogen-bond donors (Lipinski definition) is 1. The summed E-state index contributed by atoms with van der Waals surface area (Å²) in [6.45, 7) is 2.91. The molecule has 3 aromatic heterocycles. The van der Waals surface area contributed by atoms with Gasteiger partial charge in [-0.25, -0.2) is 23.4 Å². The molecule has 0 saturated carbocycles. The highest BCUT2D eigenvalue weighted by Crippen LogP contribution is 2.28. The number of pyridine rings is 1. The van der Waals surface area contributed by atoms with E-state index in [0.29, 0.717) is 13.1 Å². The summed E-state index contributed by atoms with van der Waals surface area (Å²) in [5.74, 6) is 1.72. The molecular formula is C21H29N7O2S. The zero-order chi connectivity index (χ0) is 20.7. The molecule has 31 heavy (non-hydrogen) atoms. The SMILES string of the molecule is C.CN(c1ccc(S(=O)(=O)N2CCCC2)cn1)[C@@H]1CCN(c2ncnc3[nH]ccc23)C1. The van der Waals surface area contributed by atoms with E-state index in [-0.39, 0.29) is 18.4 Å². The number of sulfonamides is 1. The number of fused-ring (bicyclic) bond motifs is 1. The molecule has 1 atom stereocenters. The fraction of sp³-hybridized carbons (Fsp3) is 0.476. The van der Waals surface area contributed by atoms with Crippen molar-refractivity contribution in [2.75, 3.05) is 43.0 Å². The molecular weight excluding hydrogens is 414 g/mol. The maximum atomic E-state index is 12.7. The van der Waals surface area contributed by atoms with Crippen LogP contribution in [0.4, 0.5) is 11.6 Å². The van der Waals surface area contributed by atoms with Crippen LogP contribution in [-0.2, 0) is 10.0 Å². The first-order chi connectivity index (χ1) is 14.5. The number of likely N-dealkylation sites (N-methyl/N-ethyl adjacent to an activating group) is 1. The summed E-state index contributed by atoms with van der Waals surface area (Å²) in [6, 6.07) is 5.75. The zero-order valence-electron chi connectivity index (χ0n) is 16.9. The maximum Gasteiger partial charge on any atom is 0.244 e. The summed E-state index contributed by atoms with van der Waals surface area (Å²) in [6.07, 6.45) is 7.78. The summed E-state index contributed by atoms with van der Waals surface area (Å²) in [7, 11) is -1.42. The molecule has 0 bridgehead atoms. The van der Waals surface area contributed by atoms with E-state index in [1.54, 1.807) is 22.8 Å². The molecule has 0 unspecified atom stereocenters. The number of H-pyrrole nitrogens is 1. The molecule has 0 spiro atoms. The maximum absolute atomic E-state index is 12.7. The number of aromatic amines is 1. The Labute approximate surface area is 183 Å². The first kappa shape index (κ1) is 21.5. The molecule has 9 nitrogen and oxygen atoms in total. The van der Waals surface area contributed by atoms with Crippen LogP contribution in [0.2, 0.25) is 0 Å². The summed E-state index contributed by atoms with van der Waals surface area (Å²) in [4.78, 5) is 21.0. The normalized spacial score (nSPS) is 19.6. The molecule has 5 rings (SSSR count). The monoisotopic (exact) mass is 443 g/mol. The average molecular weight is 444 g/mol. The first-order valence-corrected chi connectivity index (χ1v) is 11.7. The van der Waals surface area contributed by atoms with Crippen LogP contribution in [-0.4, -0.2) is 71.9 Å². The standard InChI is InChI=1S/C20H25N7O2S.CH4/c1-25(18-5-4-16(12-22-18)30(28,29)27-9-2-3-10-27)15-7-11-26(13-15)20-17-6-8-21-19(17)23-14-24-20;/h4-6,8,12,14-15H,2-3,7,9-11,13H2,1H3,(H,21,23,24);1H4/t15-;/m1./s1. The molecule has 2 fully saturated rings. The second-order valence-corrected chi connectivity index (χ2v) is 9.84. The number of nitrogens with zero attached hydrogens (tertiary/aromatic N) is 6. The largest absolute Gasteiger partial charge is 0.355 e. The molecule has 166 valence electrons. The van der Waals surface area contributed by atoms with E-state index in [1.165, 1.54) is 6.20 Å². The number of rotatable bonds is 5. The van der Waals surface area contributed by atoms with Gasteiger partial charge in [-0.3, -0.25) is 0 Å². The lowest BCUT2D eigenvalue weighted by Gasteiger charge is -2.26. The molecule has 0 radical (unpaired) electrons. The minimum atomic E-state index is -3.43. The van der Waals surface area contributed by atoms with Crippen molar-refractivity contribution in [2.24, 2.45) is 0 Å². The van der Waals surface area contributed by atoms with Crippen LogP contribution < -0.4 is 9.80 Å². The second kappa shape index (κ2) is 8.43. The van der Waals surface area contributed by atoms with Gasteiger partial charge in [0.1, 0.15) is 28.5 Å². The van der Waals surface area contributed by atoms with E-state index >= 15 is 0 Å². The molecule has 1 N–H and O–H groups in total. The van der Waals surface area contributed by atoms with E-state index in [4.69, 9.17) is 0 Å². The smallest absolute Gasteiger partial charge is 0.244 e. The Morgan fingerprint density at radius 2 is 1.90 bits per heavy atom. The Balaban J connectivity index is 0.00000231. The average Bonchev–Trinajstić information content (AvgIpc) is 3.54. The van der Waals surface area contributed by atoms with Crippen molar-refractivity contribution in [3.05, 3.63) is 36.9 Å². The van der Waals surface area contributed by atoms with E-state index in [1.807, 2.05) is 19.3 Å². The third-order valence-electron chi connectivity index (χ3n) is 6.13. The molecule has 2 aliphatic heterocycles. The second-order valence-electron chi connectivity index (χ2n) is 7.90. The quantitative estimate of drug-likeness (QED) is 0.647. The van der Waals surface area contributed by atoms with Crippen LogP contribution in [0, 0.1) is 0 Å². The minimum absolute atomic E-state index is 0. The van der Waals surface area contributed by atoms with Crippen LogP contribution in [0.15, 0.2) is 41.8 Å². The molecule has 2 aliphatic rings. The predicted octanol–water partition coefficient (Wildman–Crippen LogP) is 2.49. The molecule has 2 saturated heterocycles. The number of hydrogen-bond acceptors (Lipinski definition) is 7. The molecule has 10 heteroatoms. The van der Waals surface area contributed by atoms with Gasteiger partial charge in [0.2, 0.25) is 10.0 Å². The van der Waals surface area contributed by atoms with Gasteiger partial charge in [-0.15, -0.1) is 0 Å². The van der Waals surface area contributed by atoms with Crippen molar-refractivity contribution in [2.45, 2.75) is 37.6 Å². The van der Waals surface area contributed by atoms with E-state index in [0.717, 1.165) is 55.0 Å². The summed E-state index contributed by atoms with van der Waals surface area (Å²) in [5, 5.41) is 1.02. The van der Waals surface area contributed by atoms with Gasteiger partial charge in [0.15, 0.2) is 0 Å². The third kappa shape index (κ3) is 3.85. The summed E-state index contributed by atoms with van der Waals surface area (Å²) >= 11 is 0. The van der Waals surface area contributed by atoms with Gasteiger partial charge in [0.25, 0.3) is 0 Å². The van der Waals surface area contributed by atoms with E-state index < -0.39 is 10.0 Å². The van der Waals surface area contributed by atoms with Gasteiger partial charge in [-0.1, -0.05) is 7.43 Å². The van der Waals surface area contributed by atoms with Crippen molar-refractivity contribution in [3.63, 3.8) is 0 Å². The van der Waals surface area contributed by atoms with Crippen molar-refractivity contribution in [1.29, 1.82) is 0 Å². The highest BCUT2D eigenvalue weighted by Gasteiger charge is 2.30. The lowest BCUT2D eigenvalue weighted by molar-refractivity contribution is 0.477. The summed E-state index contributed by atoms with van der Waals surface area (Å²) in [5.41, 5.74) is 0.841. The Kier molecular flexibility index (Phi) is 5.85. The fourth-order valence-corrected chi connectivity index (χ4v) is 5.82. The Morgan fingerprint density at radius 1 is 1.10 bits per heavy atom. The highest BCUT2D eigenvalue weighted by molar-refractivity contribution is 7.89. The van der Waals surface area contributed by atoms with Crippen LogP contribution in [0.1, 0.15) is 26.7 Å². The predicted molar refractivity (Wildman–Crippen MR) is 122 cm³/mol. The Hall–Kier alpha value is -2.72. The molecule has 5 heterocycles. The van der Waals surface area contributed by atoms with Gasteiger partial charge in [0.05, 0.1) is 5.39 Å². The van der Waals surface area contributed by atoms with Crippen molar-refractivity contribution < 1.29 is 8.42 Å². The fourth-order valence-electron chi connectivity index (χ4n) is 4.36. The first-order valence-electron chi connectivity index (χ1n) is 10.3. The lowest BCUT2D eigenvalue weighted by atomic mass is 10.2. The molecule has 0 aliphatic carbocycles. The van der Waals surface area contributed by atoms with Crippen molar-refractivity contribution in [3.8, 4) is 0 Å². The van der Waals surface area contributed by atoms with Gasteiger partial charge < -0.3 is 14.8 Å². The minimum Gasteiger partial charge on any atom is -0.355 e. The molecule has 0 amide bonds. The van der Waals surface area contributed by atoms with Gasteiger partial charge >= 0.3 is 0 Å². The lowest BCUT2D eigenvalue weighted by Crippen LogP contribution is -2.35. The number of aromatic nitrogens is 4. The van der Waals surface area contributed by atoms with Gasteiger partial charge in [-0.05, 0) is 37.5 Å². The van der Waals surface area contributed by atoms with E-state index in [2.05, 4.69) is 29.7 Å². The van der Waals surface area contributed by atoms with Gasteiger partial charge in [-0.2, -0.15) is 4.31 Å².